The number of halogens is 1. The lowest BCUT2D eigenvalue weighted by Crippen LogP contribution is -2.32. The maximum atomic E-state index is 13.1. The van der Waals surface area contributed by atoms with Crippen molar-refractivity contribution in [3.8, 4) is 0 Å². The van der Waals surface area contributed by atoms with Crippen LogP contribution >= 0.6 is 0 Å². The summed E-state index contributed by atoms with van der Waals surface area (Å²) in [5.74, 6) is -0.187. The highest BCUT2D eigenvalue weighted by Gasteiger charge is 2.19. The Morgan fingerprint density at radius 2 is 2.25 bits per heavy atom. The van der Waals surface area contributed by atoms with Crippen molar-refractivity contribution in [1.82, 2.24) is 0 Å². The summed E-state index contributed by atoms with van der Waals surface area (Å²) in [5.41, 5.74) is 1.99. The van der Waals surface area contributed by atoms with E-state index in [0.29, 0.717) is 12.1 Å². The lowest BCUT2D eigenvalue weighted by molar-refractivity contribution is 0.0232. The first-order valence-corrected chi connectivity index (χ1v) is 5.79. The van der Waals surface area contributed by atoms with Crippen LogP contribution in [0.5, 0.6) is 0 Å². The average Bonchev–Trinajstić information content (AvgIpc) is 2.24. The van der Waals surface area contributed by atoms with Crippen LogP contribution in [0.25, 0.3) is 0 Å². The Balaban J connectivity index is 2.05. The first-order chi connectivity index (χ1) is 7.65. The summed E-state index contributed by atoms with van der Waals surface area (Å²) in [6.45, 7) is 4.85. The Labute approximate surface area is 95.8 Å². The van der Waals surface area contributed by atoms with Gasteiger partial charge in [-0.3, -0.25) is 0 Å². The maximum Gasteiger partial charge on any atom is 0.125 e. The van der Waals surface area contributed by atoms with Gasteiger partial charge in [0.25, 0.3) is 0 Å². The third-order valence-corrected chi connectivity index (χ3v) is 3.04. The van der Waals surface area contributed by atoms with E-state index in [-0.39, 0.29) is 5.82 Å². The molecule has 0 radical (unpaired) electrons. The highest BCUT2D eigenvalue weighted by atomic mass is 19.1. The molecule has 2 nitrogen and oxygen atoms in total. The molecule has 1 saturated heterocycles. The molecule has 16 heavy (non-hydrogen) atoms. The molecule has 0 amide bonds. The van der Waals surface area contributed by atoms with Gasteiger partial charge in [-0.2, -0.15) is 0 Å². The standard InChI is InChI=1S/C13H18FNO/c1-9-3-4-11(14)8-13(9)15-12-5-6-16-10(2)7-12/h3-4,8,10,12,15H,5-7H2,1-2H3. The van der Waals surface area contributed by atoms with Gasteiger partial charge in [-0.05, 0) is 44.4 Å². The van der Waals surface area contributed by atoms with Gasteiger partial charge in [-0.1, -0.05) is 6.07 Å². The van der Waals surface area contributed by atoms with Crippen LogP contribution in [0.2, 0.25) is 0 Å². The van der Waals surface area contributed by atoms with Crippen molar-refractivity contribution in [2.45, 2.75) is 38.8 Å². The van der Waals surface area contributed by atoms with Gasteiger partial charge in [-0.15, -0.1) is 0 Å². The second-order valence-corrected chi connectivity index (χ2v) is 4.51. The fraction of sp³-hybridized carbons (Fsp3) is 0.538. The van der Waals surface area contributed by atoms with E-state index in [2.05, 4.69) is 12.2 Å². The molecule has 88 valence electrons. The molecule has 1 aromatic rings. The Bertz CT molecular complexity index is 367. The molecule has 2 rings (SSSR count). The minimum absolute atomic E-state index is 0.187. The summed E-state index contributed by atoms with van der Waals surface area (Å²) in [6, 6.07) is 5.26. The molecule has 0 aromatic heterocycles. The van der Waals surface area contributed by atoms with Gasteiger partial charge in [0.05, 0.1) is 6.10 Å². The molecule has 0 saturated carbocycles. The van der Waals surface area contributed by atoms with Crippen LogP contribution in [0.4, 0.5) is 10.1 Å². The highest BCUT2D eigenvalue weighted by Crippen LogP contribution is 2.22. The van der Waals surface area contributed by atoms with Crippen LogP contribution in [-0.4, -0.2) is 18.8 Å². The fourth-order valence-electron chi connectivity index (χ4n) is 2.10. The zero-order valence-electron chi connectivity index (χ0n) is 9.79. The molecule has 1 fully saturated rings. The van der Waals surface area contributed by atoms with Gasteiger partial charge < -0.3 is 10.1 Å². The Morgan fingerprint density at radius 3 is 3.00 bits per heavy atom. The minimum atomic E-state index is -0.187. The highest BCUT2D eigenvalue weighted by molar-refractivity contribution is 5.51. The number of hydrogen-bond acceptors (Lipinski definition) is 2. The lowest BCUT2D eigenvalue weighted by Gasteiger charge is -2.29. The Kier molecular flexibility index (Phi) is 3.44. The molecule has 1 N–H and O–H groups in total. The normalized spacial score (nSPS) is 25.4. The number of ether oxygens (including phenoxy) is 1. The van der Waals surface area contributed by atoms with Crippen LogP contribution in [0, 0.1) is 12.7 Å². The minimum Gasteiger partial charge on any atom is -0.382 e. The molecule has 2 unspecified atom stereocenters. The van der Waals surface area contributed by atoms with Gasteiger partial charge in [0.1, 0.15) is 5.82 Å². The molecule has 2 atom stereocenters. The summed E-state index contributed by atoms with van der Waals surface area (Å²) in [7, 11) is 0. The zero-order chi connectivity index (χ0) is 11.5. The Morgan fingerprint density at radius 1 is 1.44 bits per heavy atom. The van der Waals surface area contributed by atoms with E-state index in [9.17, 15) is 4.39 Å². The van der Waals surface area contributed by atoms with Gasteiger partial charge in [-0.25, -0.2) is 4.39 Å². The van der Waals surface area contributed by atoms with E-state index in [1.807, 2.05) is 6.92 Å². The van der Waals surface area contributed by atoms with Gasteiger partial charge in [0.15, 0.2) is 0 Å². The van der Waals surface area contributed by atoms with Gasteiger partial charge >= 0.3 is 0 Å². The molecular formula is C13H18FNO. The van der Waals surface area contributed by atoms with Crippen molar-refractivity contribution in [3.63, 3.8) is 0 Å². The van der Waals surface area contributed by atoms with Gasteiger partial charge in [0.2, 0.25) is 0 Å². The monoisotopic (exact) mass is 223 g/mol. The molecular weight excluding hydrogens is 205 g/mol. The molecule has 0 bridgehead atoms. The third-order valence-electron chi connectivity index (χ3n) is 3.04. The van der Waals surface area contributed by atoms with Crippen molar-refractivity contribution in [1.29, 1.82) is 0 Å². The fourth-order valence-corrected chi connectivity index (χ4v) is 2.10. The predicted molar refractivity (Wildman–Crippen MR) is 63.2 cm³/mol. The van der Waals surface area contributed by atoms with Crippen molar-refractivity contribution >= 4 is 5.69 Å². The number of benzene rings is 1. The molecule has 0 spiro atoms. The van der Waals surface area contributed by atoms with Gasteiger partial charge in [0, 0.05) is 18.3 Å². The van der Waals surface area contributed by atoms with Crippen molar-refractivity contribution in [3.05, 3.63) is 29.6 Å². The first-order valence-electron chi connectivity index (χ1n) is 5.79. The summed E-state index contributed by atoms with van der Waals surface area (Å²) in [5, 5.41) is 3.40. The lowest BCUT2D eigenvalue weighted by atomic mass is 10.0. The van der Waals surface area contributed by atoms with Crippen LogP contribution in [-0.2, 0) is 4.74 Å². The topological polar surface area (TPSA) is 21.3 Å². The third kappa shape index (κ3) is 2.73. The van der Waals surface area contributed by atoms with Crippen LogP contribution in [0.1, 0.15) is 25.3 Å². The van der Waals surface area contributed by atoms with E-state index in [1.165, 1.54) is 6.07 Å². The van der Waals surface area contributed by atoms with E-state index in [1.54, 1.807) is 12.1 Å². The van der Waals surface area contributed by atoms with Crippen molar-refractivity contribution < 1.29 is 9.13 Å². The van der Waals surface area contributed by atoms with E-state index in [4.69, 9.17) is 4.74 Å². The quantitative estimate of drug-likeness (QED) is 0.831. The smallest absolute Gasteiger partial charge is 0.125 e. The second-order valence-electron chi connectivity index (χ2n) is 4.51. The summed E-state index contributed by atoms with van der Waals surface area (Å²) in [6.07, 6.45) is 2.26. The number of aryl methyl sites for hydroxylation is 1. The van der Waals surface area contributed by atoms with E-state index >= 15 is 0 Å². The van der Waals surface area contributed by atoms with Crippen LogP contribution in [0.3, 0.4) is 0 Å². The predicted octanol–water partition coefficient (Wildman–Crippen LogP) is 3.11. The average molecular weight is 223 g/mol. The Hall–Kier alpha value is -1.09. The molecule has 1 aliphatic rings. The SMILES string of the molecule is Cc1ccc(F)cc1NC1CCOC(C)C1. The van der Waals surface area contributed by atoms with Crippen LogP contribution < -0.4 is 5.32 Å². The number of nitrogens with one attached hydrogen (secondary N) is 1. The number of rotatable bonds is 2. The molecule has 1 heterocycles. The first kappa shape index (κ1) is 11.4. The maximum absolute atomic E-state index is 13.1. The zero-order valence-corrected chi connectivity index (χ0v) is 9.79. The molecule has 1 aromatic carbocycles. The van der Waals surface area contributed by atoms with Crippen molar-refractivity contribution in [2.24, 2.45) is 0 Å². The largest absolute Gasteiger partial charge is 0.382 e. The molecule has 3 heteroatoms. The molecule has 1 aliphatic heterocycles. The van der Waals surface area contributed by atoms with Crippen molar-refractivity contribution in [2.75, 3.05) is 11.9 Å². The van der Waals surface area contributed by atoms with Crippen LogP contribution in [0.15, 0.2) is 18.2 Å². The second kappa shape index (κ2) is 4.83. The number of anilines is 1. The summed E-state index contributed by atoms with van der Waals surface area (Å²) in [4.78, 5) is 0. The summed E-state index contributed by atoms with van der Waals surface area (Å²) < 4.78 is 18.6. The molecule has 0 aliphatic carbocycles. The number of hydrogen-bond donors (Lipinski definition) is 1. The van der Waals surface area contributed by atoms with E-state index in [0.717, 1.165) is 30.7 Å². The summed E-state index contributed by atoms with van der Waals surface area (Å²) >= 11 is 0. The van der Waals surface area contributed by atoms with E-state index < -0.39 is 0 Å².